The third-order valence-corrected chi connectivity index (χ3v) is 3.30. The van der Waals surface area contributed by atoms with E-state index in [1.165, 1.54) is 0 Å². The summed E-state index contributed by atoms with van der Waals surface area (Å²) in [6.45, 7) is 0.726. The molecule has 6 heteroatoms. The number of anilines is 4. The molecular weight excluding hydrogens is 240 g/mol. The number of aromatic amines is 2. The number of hydrogen-bond acceptors (Lipinski definition) is 4. The van der Waals surface area contributed by atoms with Gasteiger partial charge < -0.3 is 9.80 Å². The number of hydrogen-bond donors (Lipinski definition) is 2. The quantitative estimate of drug-likeness (QED) is 0.735. The first-order chi connectivity index (χ1) is 9.43. The lowest BCUT2D eigenvalue weighted by atomic mass is 10.2. The molecule has 0 aliphatic carbocycles. The summed E-state index contributed by atoms with van der Waals surface area (Å²) >= 11 is 0. The molecule has 0 saturated heterocycles. The van der Waals surface area contributed by atoms with E-state index in [4.69, 9.17) is 0 Å². The van der Waals surface area contributed by atoms with Gasteiger partial charge in [0.2, 0.25) is 0 Å². The lowest BCUT2D eigenvalue weighted by Crippen LogP contribution is -2.24. The van der Waals surface area contributed by atoms with Crippen molar-refractivity contribution in [3.05, 3.63) is 48.8 Å². The average Bonchev–Trinajstić information content (AvgIpc) is 3.18. The zero-order chi connectivity index (χ0) is 12.7. The van der Waals surface area contributed by atoms with Crippen LogP contribution in [0.5, 0.6) is 0 Å². The predicted octanol–water partition coefficient (Wildman–Crippen LogP) is 2.38. The van der Waals surface area contributed by atoms with Crippen molar-refractivity contribution in [3.8, 4) is 0 Å². The summed E-state index contributed by atoms with van der Waals surface area (Å²) in [5.41, 5.74) is 2.31. The summed E-state index contributed by atoms with van der Waals surface area (Å²) in [5.74, 6) is 1.96. The summed E-state index contributed by atoms with van der Waals surface area (Å²) < 4.78 is 0. The number of para-hydroxylation sites is 2. The number of nitrogens with zero attached hydrogens (tertiary/aromatic N) is 4. The molecule has 3 heterocycles. The van der Waals surface area contributed by atoms with Gasteiger partial charge in [-0.25, -0.2) is 0 Å². The van der Waals surface area contributed by atoms with Crippen LogP contribution in [0.25, 0.3) is 0 Å². The van der Waals surface area contributed by atoms with Gasteiger partial charge in [-0.1, -0.05) is 12.1 Å². The molecule has 6 nitrogen and oxygen atoms in total. The van der Waals surface area contributed by atoms with Crippen LogP contribution in [0, 0.1) is 0 Å². The molecule has 0 amide bonds. The largest absolute Gasteiger partial charge is 0.306 e. The van der Waals surface area contributed by atoms with Crippen molar-refractivity contribution in [1.29, 1.82) is 0 Å². The number of aromatic nitrogens is 4. The fourth-order valence-corrected chi connectivity index (χ4v) is 2.42. The summed E-state index contributed by atoms with van der Waals surface area (Å²) in [4.78, 5) is 4.37. The monoisotopic (exact) mass is 252 g/mol. The van der Waals surface area contributed by atoms with Crippen LogP contribution in [0.15, 0.2) is 48.8 Å². The molecule has 4 rings (SSSR count). The van der Waals surface area contributed by atoms with E-state index in [2.05, 4.69) is 42.3 Å². The van der Waals surface area contributed by atoms with Crippen LogP contribution < -0.4 is 9.80 Å². The average molecular weight is 252 g/mol. The third kappa shape index (κ3) is 1.50. The van der Waals surface area contributed by atoms with E-state index in [1.807, 2.05) is 24.3 Å². The molecule has 1 aliphatic rings. The van der Waals surface area contributed by atoms with Gasteiger partial charge in [-0.05, 0) is 12.1 Å². The maximum Gasteiger partial charge on any atom is 0.130 e. The first-order valence-electron chi connectivity index (χ1n) is 6.06. The Morgan fingerprint density at radius 1 is 0.789 bits per heavy atom. The van der Waals surface area contributed by atoms with Gasteiger partial charge >= 0.3 is 0 Å². The zero-order valence-electron chi connectivity index (χ0n) is 10.1. The van der Waals surface area contributed by atoms with Crippen LogP contribution >= 0.6 is 0 Å². The molecule has 3 aromatic rings. The van der Waals surface area contributed by atoms with Gasteiger partial charge in [0.25, 0.3) is 0 Å². The van der Waals surface area contributed by atoms with Gasteiger partial charge in [0.1, 0.15) is 18.3 Å². The molecule has 0 unspecified atom stereocenters. The second kappa shape index (κ2) is 3.88. The number of rotatable bonds is 2. The molecule has 2 aromatic heterocycles. The van der Waals surface area contributed by atoms with Crippen molar-refractivity contribution in [1.82, 2.24) is 20.4 Å². The Morgan fingerprint density at radius 2 is 1.32 bits per heavy atom. The molecule has 0 radical (unpaired) electrons. The smallest absolute Gasteiger partial charge is 0.130 e. The summed E-state index contributed by atoms with van der Waals surface area (Å²) in [6, 6.07) is 12.2. The van der Waals surface area contributed by atoms with Crippen LogP contribution in [0.3, 0.4) is 0 Å². The van der Waals surface area contributed by atoms with E-state index in [-0.39, 0.29) is 0 Å². The van der Waals surface area contributed by atoms with Gasteiger partial charge in [0.05, 0.1) is 23.8 Å². The first kappa shape index (κ1) is 10.2. The molecule has 0 saturated carbocycles. The Balaban J connectivity index is 1.82. The molecule has 19 heavy (non-hydrogen) atoms. The highest BCUT2D eigenvalue weighted by Crippen LogP contribution is 2.42. The van der Waals surface area contributed by atoms with Gasteiger partial charge in [0.15, 0.2) is 0 Å². The molecule has 1 aromatic carbocycles. The van der Waals surface area contributed by atoms with Crippen LogP contribution in [-0.2, 0) is 0 Å². The molecule has 0 bridgehead atoms. The van der Waals surface area contributed by atoms with E-state index in [0.717, 1.165) is 29.7 Å². The maximum absolute atomic E-state index is 4.02. The Labute approximate surface area is 109 Å². The van der Waals surface area contributed by atoms with E-state index in [0.29, 0.717) is 0 Å². The lowest BCUT2D eigenvalue weighted by Gasteiger charge is -2.18. The van der Waals surface area contributed by atoms with Crippen LogP contribution in [0.1, 0.15) is 0 Å². The van der Waals surface area contributed by atoms with Gasteiger partial charge in [-0.15, -0.1) is 0 Å². The fraction of sp³-hybridized carbons (Fsp3) is 0.0769. The molecule has 0 fully saturated rings. The highest BCUT2D eigenvalue weighted by atomic mass is 15.4. The Morgan fingerprint density at radius 3 is 1.74 bits per heavy atom. The summed E-state index contributed by atoms with van der Waals surface area (Å²) in [6.07, 6.45) is 3.52. The second-order valence-electron chi connectivity index (χ2n) is 4.37. The van der Waals surface area contributed by atoms with E-state index in [1.54, 1.807) is 12.4 Å². The highest BCUT2D eigenvalue weighted by Gasteiger charge is 2.28. The van der Waals surface area contributed by atoms with E-state index >= 15 is 0 Å². The van der Waals surface area contributed by atoms with Gasteiger partial charge in [-0.2, -0.15) is 10.2 Å². The van der Waals surface area contributed by atoms with Crippen LogP contribution in [0.4, 0.5) is 23.0 Å². The van der Waals surface area contributed by atoms with Crippen molar-refractivity contribution < 1.29 is 0 Å². The van der Waals surface area contributed by atoms with Crippen molar-refractivity contribution in [2.45, 2.75) is 0 Å². The highest BCUT2D eigenvalue weighted by molar-refractivity contribution is 5.85. The van der Waals surface area contributed by atoms with Crippen LogP contribution in [0.2, 0.25) is 0 Å². The fourth-order valence-electron chi connectivity index (χ4n) is 2.42. The first-order valence-corrected chi connectivity index (χ1v) is 6.06. The molecule has 94 valence electrons. The topological polar surface area (TPSA) is 63.8 Å². The van der Waals surface area contributed by atoms with E-state index < -0.39 is 0 Å². The number of nitrogens with one attached hydrogen (secondary N) is 2. The Hall–Kier alpha value is -2.76. The minimum Gasteiger partial charge on any atom is -0.306 e. The molecule has 0 atom stereocenters. The summed E-state index contributed by atoms with van der Waals surface area (Å²) in [5, 5.41) is 14.1. The van der Waals surface area contributed by atoms with Crippen molar-refractivity contribution in [3.63, 3.8) is 0 Å². The maximum atomic E-state index is 4.02. The SMILES string of the molecule is c1ccc2c(c1)N(c1ccn[nH]1)CN2c1ccn[nH]1. The lowest BCUT2D eigenvalue weighted by molar-refractivity contribution is 0.928. The number of benzene rings is 1. The number of H-pyrrole nitrogens is 2. The van der Waals surface area contributed by atoms with Crippen molar-refractivity contribution in [2.24, 2.45) is 0 Å². The zero-order valence-corrected chi connectivity index (χ0v) is 10.1. The normalized spacial score (nSPS) is 13.9. The minimum absolute atomic E-state index is 0.726. The van der Waals surface area contributed by atoms with Crippen LogP contribution in [-0.4, -0.2) is 27.1 Å². The molecular formula is C13H12N6. The molecule has 0 spiro atoms. The minimum atomic E-state index is 0.726. The Kier molecular flexibility index (Phi) is 2.08. The van der Waals surface area contributed by atoms with E-state index in [9.17, 15) is 0 Å². The standard InChI is InChI=1S/C13H12N6/c1-2-4-11-10(3-1)18(12-5-7-14-16-12)9-19(11)13-6-8-15-17-13/h1-8H,9H2,(H,14,16)(H,15,17). The van der Waals surface area contributed by atoms with Gasteiger partial charge in [-0.3, -0.25) is 10.2 Å². The van der Waals surface area contributed by atoms with Crippen molar-refractivity contribution in [2.75, 3.05) is 16.5 Å². The van der Waals surface area contributed by atoms with Crippen molar-refractivity contribution >= 4 is 23.0 Å². The molecule has 1 aliphatic heterocycles. The summed E-state index contributed by atoms with van der Waals surface area (Å²) in [7, 11) is 0. The van der Waals surface area contributed by atoms with Gasteiger partial charge in [0, 0.05) is 12.1 Å². The third-order valence-electron chi connectivity index (χ3n) is 3.30. The Bertz CT molecular complexity index is 614. The second-order valence-corrected chi connectivity index (χ2v) is 4.37. The molecule has 2 N–H and O–H groups in total. The number of fused-ring (bicyclic) bond motifs is 1. The predicted molar refractivity (Wildman–Crippen MR) is 72.8 cm³/mol.